The van der Waals surface area contributed by atoms with Gasteiger partial charge in [0.05, 0.1) is 6.21 Å². The molecule has 0 heterocycles. The number of aromatic hydroxyl groups is 1. The number of nitrogens with zero attached hydrogens (tertiary/aromatic N) is 1. The number of phenolic OH excluding ortho intramolecular Hbond substituents is 1. The van der Waals surface area contributed by atoms with Crippen LogP contribution in [-0.4, -0.2) is 23.1 Å². The minimum absolute atomic E-state index is 0.0528. The van der Waals surface area contributed by atoms with Crippen LogP contribution in [0.3, 0.4) is 0 Å². The van der Waals surface area contributed by atoms with Crippen LogP contribution in [0.4, 0.5) is 5.69 Å². The Morgan fingerprint density at radius 1 is 1.17 bits per heavy atom. The molecule has 23 heavy (non-hydrogen) atoms. The Balaban J connectivity index is 1.98. The molecule has 0 fully saturated rings. The maximum Gasteiger partial charge on any atom is 0.271 e. The molecule has 6 nitrogen and oxygen atoms in total. The maximum absolute atomic E-state index is 11.9. The van der Waals surface area contributed by atoms with E-state index in [1.165, 1.54) is 19.2 Å². The first-order valence-corrected chi connectivity index (χ1v) is 7.44. The van der Waals surface area contributed by atoms with Gasteiger partial charge in [-0.25, -0.2) is 5.43 Å². The third-order valence-electron chi connectivity index (χ3n) is 2.83. The van der Waals surface area contributed by atoms with Gasteiger partial charge in [0.1, 0.15) is 5.75 Å². The van der Waals surface area contributed by atoms with E-state index in [0.29, 0.717) is 16.8 Å². The van der Waals surface area contributed by atoms with Crippen LogP contribution in [0, 0.1) is 0 Å². The standard InChI is InChI=1S/C16H14BrN3O3/c1-10(21)19-14-6-3-11(4-7-14)16(23)20-18-9-12-2-5-13(17)8-15(12)22/h2-9,22H,1H3,(H,19,21)(H,20,23)/b18-9+. The highest BCUT2D eigenvalue weighted by Crippen LogP contribution is 2.20. The molecule has 0 bridgehead atoms. The first-order valence-electron chi connectivity index (χ1n) is 6.65. The van der Waals surface area contributed by atoms with E-state index in [0.717, 1.165) is 4.47 Å². The Morgan fingerprint density at radius 3 is 2.48 bits per heavy atom. The van der Waals surface area contributed by atoms with Crippen LogP contribution in [-0.2, 0) is 4.79 Å². The molecule has 0 radical (unpaired) electrons. The van der Waals surface area contributed by atoms with Gasteiger partial charge in [-0.1, -0.05) is 15.9 Å². The molecule has 0 aromatic heterocycles. The summed E-state index contributed by atoms with van der Waals surface area (Å²) in [6.07, 6.45) is 1.35. The lowest BCUT2D eigenvalue weighted by Crippen LogP contribution is -2.17. The number of hydrogen-bond donors (Lipinski definition) is 3. The molecule has 2 aromatic rings. The largest absolute Gasteiger partial charge is 0.507 e. The summed E-state index contributed by atoms with van der Waals surface area (Å²) in [7, 11) is 0. The molecule has 0 unspecified atom stereocenters. The van der Waals surface area contributed by atoms with Crippen molar-refractivity contribution in [2.24, 2.45) is 5.10 Å². The highest BCUT2D eigenvalue weighted by atomic mass is 79.9. The Labute approximate surface area is 141 Å². The van der Waals surface area contributed by atoms with Gasteiger partial charge in [0.15, 0.2) is 0 Å². The molecule has 0 aliphatic rings. The first-order chi connectivity index (χ1) is 11.0. The number of nitrogens with one attached hydrogen (secondary N) is 2. The van der Waals surface area contributed by atoms with E-state index in [1.807, 2.05) is 0 Å². The van der Waals surface area contributed by atoms with Gasteiger partial charge >= 0.3 is 0 Å². The minimum atomic E-state index is -0.396. The molecule has 0 saturated carbocycles. The van der Waals surface area contributed by atoms with Crippen LogP contribution >= 0.6 is 15.9 Å². The molecule has 0 atom stereocenters. The van der Waals surface area contributed by atoms with Gasteiger partial charge in [-0.05, 0) is 42.5 Å². The van der Waals surface area contributed by atoms with Crippen LogP contribution in [0.1, 0.15) is 22.8 Å². The molecule has 118 valence electrons. The molecular weight excluding hydrogens is 362 g/mol. The predicted molar refractivity (Wildman–Crippen MR) is 91.6 cm³/mol. The van der Waals surface area contributed by atoms with Crippen molar-refractivity contribution in [1.29, 1.82) is 0 Å². The van der Waals surface area contributed by atoms with Crippen LogP contribution in [0.2, 0.25) is 0 Å². The second-order valence-corrected chi connectivity index (χ2v) is 5.58. The number of hydrogen-bond acceptors (Lipinski definition) is 4. The summed E-state index contributed by atoms with van der Waals surface area (Å²) in [6, 6.07) is 11.4. The topological polar surface area (TPSA) is 90.8 Å². The van der Waals surface area contributed by atoms with Crippen molar-refractivity contribution in [2.45, 2.75) is 6.92 Å². The van der Waals surface area contributed by atoms with Gasteiger partial charge in [-0.2, -0.15) is 5.10 Å². The van der Waals surface area contributed by atoms with Crippen LogP contribution < -0.4 is 10.7 Å². The summed E-state index contributed by atoms with van der Waals surface area (Å²) in [5, 5.41) is 16.1. The first kappa shape index (κ1) is 16.7. The summed E-state index contributed by atoms with van der Waals surface area (Å²) in [6.45, 7) is 1.41. The van der Waals surface area contributed by atoms with Gasteiger partial charge < -0.3 is 10.4 Å². The fraction of sp³-hybridized carbons (Fsp3) is 0.0625. The molecule has 3 N–H and O–H groups in total. The molecular formula is C16H14BrN3O3. The van der Waals surface area contributed by atoms with Crippen molar-refractivity contribution in [1.82, 2.24) is 5.43 Å². The number of hydrazone groups is 1. The van der Waals surface area contributed by atoms with E-state index < -0.39 is 5.91 Å². The zero-order valence-electron chi connectivity index (χ0n) is 12.2. The third-order valence-corrected chi connectivity index (χ3v) is 3.32. The normalized spacial score (nSPS) is 10.5. The number of halogens is 1. The lowest BCUT2D eigenvalue weighted by molar-refractivity contribution is -0.114. The SMILES string of the molecule is CC(=O)Nc1ccc(C(=O)N/N=C/c2ccc(Br)cc2O)cc1. The zero-order chi connectivity index (χ0) is 16.8. The lowest BCUT2D eigenvalue weighted by atomic mass is 10.2. The van der Waals surface area contributed by atoms with E-state index in [1.54, 1.807) is 36.4 Å². The molecule has 0 saturated heterocycles. The van der Waals surface area contributed by atoms with Gasteiger partial charge in [-0.3, -0.25) is 9.59 Å². The Bertz CT molecular complexity index is 758. The van der Waals surface area contributed by atoms with E-state index in [2.05, 4.69) is 31.8 Å². The number of anilines is 1. The van der Waals surface area contributed by atoms with Gasteiger partial charge in [0, 0.05) is 28.2 Å². The smallest absolute Gasteiger partial charge is 0.271 e. The van der Waals surface area contributed by atoms with E-state index in [4.69, 9.17) is 0 Å². The quantitative estimate of drug-likeness (QED) is 0.566. The zero-order valence-corrected chi connectivity index (χ0v) is 13.8. The molecule has 7 heteroatoms. The molecule has 0 aliphatic heterocycles. The van der Waals surface area contributed by atoms with Crippen LogP contribution in [0.25, 0.3) is 0 Å². The van der Waals surface area contributed by atoms with Gasteiger partial charge in [0.25, 0.3) is 5.91 Å². The average Bonchev–Trinajstić information content (AvgIpc) is 2.49. The number of rotatable bonds is 4. The van der Waals surface area contributed by atoms with Crippen LogP contribution in [0.5, 0.6) is 5.75 Å². The molecule has 0 spiro atoms. The van der Waals surface area contributed by atoms with Gasteiger partial charge in [-0.15, -0.1) is 0 Å². The fourth-order valence-electron chi connectivity index (χ4n) is 1.76. The van der Waals surface area contributed by atoms with E-state index in [-0.39, 0.29) is 11.7 Å². The predicted octanol–water partition coefficient (Wildman–Crippen LogP) is 2.88. The van der Waals surface area contributed by atoms with Gasteiger partial charge in [0.2, 0.25) is 5.91 Å². The number of carbonyl (C=O) groups excluding carboxylic acids is 2. The van der Waals surface area contributed by atoms with Crippen molar-refractivity contribution in [3.63, 3.8) is 0 Å². The highest BCUT2D eigenvalue weighted by molar-refractivity contribution is 9.10. The summed E-state index contributed by atoms with van der Waals surface area (Å²) in [5.41, 5.74) is 3.86. The Kier molecular flexibility index (Phi) is 5.48. The van der Waals surface area contributed by atoms with Crippen LogP contribution in [0.15, 0.2) is 52.0 Å². The second-order valence-electron chi connectivity index (χ2n) is 4.66. The Morgan fingerprint density at radius 2 is 1.87 bits per heavy atom. The monoisotopic (exact) mass is 375 g/mol. The highest BCUT2D eigenvalue weighted by Gasteiger charge is 2.05. The number of carbonyl (C=O) groups is 2. The molecule has 2 aromatic carbocycles. The lowest BCUT2D eigenvalue weighted by Gasteiger charge is -2.04. The maximum atomic E-state index is 11.9. The summed E-state index contributed by atoms with van der Waals surface area (Å²) < 4.78 is 0.746. The molecule has 2 rings (SSSR count). The summed E-state index contributed by atoms with van der Waals surface area (Å²) in [5.74, 6) is -0.523. The minimum Gasteiger partial charge on any atom is -0.507 e. The summed E-state index contributed by atoms with van der Waals surface area (Å²) in [4.78, 5) is 22.8. The Hall–Kier alpha value is -2.67. The van der Waals surface area contributed by atoms with Crippen molar-refractivity contribution in [2.75, 3.05) is 5.32 Å². The molecule has 0 aliphatic carbocycles. The van der Waals surface area contributed by atoms with Crippen molar-refractivity contribution < 1.29 is 14.7 Å². The van der Waals surface area contributed by atoms with E-state index in [9.17, 15) is 14.7 Å². The number of phenols is 1. The third kappa shape index (κ3) is 4.93. The van der Waals surface area contributed by atoms with Crippen molar-refractivity contribution >= 4 is 39.6 Å². The molecule has 2 amide bonds. The second kappa shape index (κ2) is 7.55. The fourth-order valence-corrected chi connectivity index (χ4v) is 2.11. The number of benzene rings is 2. The van der Waals surface area contributed by atoms with Crippen molar-refractivity contribution in [3.8, 4) is 5.75 Å². The average molecular weight is 376 g/mol. The number of amides is 2. The van der Waals surface area contributed by atoms with E-state index >= 15 is 0 Å². The summed E-state index contributed by atoms with van der Waals surface area (Å²) >= 11 is 3.24. The van der Waals surface area contributed by atoms with Crippen molar-refractivity contribution in [3.05, 3.63) is 58.1 Å².